The lowest BCUT2D eigenvalue weighted by Gasteiger charge is -2.41. The molecule has 0 spiro atoms. The van der Waals surface area contributed by atoms with Gasteiger partial charge in [-0.1, -0.05) is 24.6 Å². The molecule has 1 saturated heterocycles. The molecule has 0 aliphatic carbocycles. The van der Waals surface area contributed by atoms with Crippen molar-refractivity contribution < 1.29 is 23.7 Å². The van der Waals surface area contributed by atoms with Gasteiger partial charge in [-0.3, -0.25) is 9.69 Å². The lowest BCUT2D eigenvalue weighted by molar-refractivity contribution is -0.0156. The maximum absolute atomic E-state index is 13.4. The van der Waals surface area contributed by atoms with Crippen molar-refractivity contribution in [1.82, 2.24) is 9.80 Å². The zero-order valence-corrected chi connectivity index (χ0v) is 21.2. The van der Waals surface area contributed by atoms with Crippen LogP contribution in [-0.2, 0) is 11.3 Å². The molecule has 2 aliphatic rings. The van der Waals surface area contributed by atoms with Crippen molar-refractivity contribution in [3.05, 3.63) is 53.6 Å². The van der Waals surface area contributed by atoms with Crippen LogP contribution in [0, 0.1) is 0 Å². The second-order valence-electron chi connectivity index (χ2n) is 9.28. The highest BCUT2D eigenvalue weighted by Gasteiger charge is 2.34. The third-order valence-electron chi connectivity index (χ3n) is 7.14. The zero-order chi connectivity index (χ0) is 24.6. The van der Waals surface area contributed by atoms with Gasteiger partial charge in [0.25, 0.3) is 5.91 Å². The Morgan fingerprint density at radius 2 is 1.80 bits per heavy atom. The molecule has 2 aliphatic heterocycles. The predicted octanol–water partition coefficient (Wildman–Crippen LogP) is 4.39. The molecular weight excluding hydrogens is 444 g/mol. The second-order valence-corrected chi connectivity index (χ2v) is 9.28. The van der Waals surface area contributed by atoms with Gasteiger partial charge < -0.3 is 23.8 Å². The van der Waals surface area contributed by atoms with Gasteiger partial charge in [-0.2, -0.15) is 0 Å². The number of rotatable bonds is 5. The highest BCUT2D eigenvalue weighted by molar-refractivity contribution is 5.95. The molecule has 190 valence electrons. The van der Waals surface area contributed by atoms with Crippen LogP contribution in [0.1, 0.15) is 48.0 Å². The molecule has 2 aromatic rings. The Kier molecular flexibility index (Phi) is 8.88. The van der Waals surface area contributed by atoms with E-state index >= 15 is 0 Å². The maximum atomic E-state index is 13.4. The minimum atomic E-state index is 0.0750. The smallest absolute Gasteiger partial charge is 0.254 e. The van der Waals surface area contributed by atoms with Crippen molar-refractivity contribution in [3.8, 4) is 17.2 Å². The first-order chi connectivity index (χ1) is 17.1. The van der Waals surface area contributed by atoms with Crippen LogP contribution < -0.4 is 14.2 Å². The Balaban J connectivity index is 1.55. The highest BCUT2D eigenvalue weighted by atomic mass is 16.5. The van der Waals surface area contributed by atoms with Crippen LogP contribution >= 0.6 is 0 Å². The fourth-order valence-electron chi connectivity index (χ4n) is 5.35. The SMILES string of the molecule is COc1cccc(CN2CCCC[C@H]3[C@@H](OC)CCCN3C(=O)c3cccc(c3)OCC2)c1OC. The topological polar surface area (TPSA) is 60.5 Å². The summed E-state index contributed by atoms with van der Waals surface area (Å²) in [6, 6.07) is 13.7. The Hall–Kier alpha value is -2.77. The van der Waals surface area contributed by atoms with Crippen LogP contribution in [0.3, 0.4) is 0 Å². The van der Waals surface area contributed by atoms with Crippen molar-refractivity contribution in [1.29, 1.82) is 0 Å². The predicted molar refractivity (Wildman–Crippen MR) is 135 cm³/mol. The summed E-state index contributed by atoms with van der Waals surface area (Å²) < 4.78 is 23.1. The summed E-state index contributed by atoms with van der Waals surface area (Å²) in [6.07, 6.45) is 5.05. The van der Waals surface area contributed by atoms with Gasteiger partial charge >= 0.3 is 0 Å². The molecule has 0 unspecified atom stereocenters. The molecule has 2 aromatic carbocycles. The third-order valence-corrected chi connectivity index (χ3v) is 7.14. The summed E-state index contributed by atoms with van der Waals surface area (Å²) in [5.74, 6) is 2.32. The number of nitrogens with zero attached hydrogens (tertiary/aromatic N) is 2. The Morgan fingerprint density at radius 3 is 2.60 bits per heavy atom. The standard InChI is InChI=1S/C28H38N2O5/c1-32-25-14-8-16-30-24(25)12-4-5-15-29(20-22-10-7-13-26(33-2)27(22)34-3)17-18-35-23-11-6-9-21(19-23)28(30)31/h6-7,9-11,13,19,24-25H,4-5,8,12,14-18,20H2,1-3H3/t24-,25-/m0/s1. The van der Waals surface area contributed by atoms with Crippen LogP contribution in [0.4, 0.5) is 0 Å². The van der Waals surface area contributed by atoms with Gasteiger partial charge in [-0.15, -0.1) is 0 Å². The van der Waals surface area contributed by atoms with E-state index in [9.17, 15) is 4.79 Å². The molecule has 0 aromatic heterocycles. The average molecular weight is 483 g/mol. The number of hydrogen-bond donors (Lipinski definition) is 0. The van der Waals surface area contributed by atoms with Crippen molar-refractivity contribution in [2.45, 2.75) is 50.8 Å². The third kappa shape index (κ3) is 6.08. The van der Waals surface area contributed by atoms with E-state index in [4.69, 9.17) is 18.9 Å². The number of carbonyl (C=O) groups is 1. The number of ether oxygens (including phenoxy) is 4. The lowest BCUT2D eigenvalue weighted by atomic mass is 9.93. The summed E-state index contributed by atoms with van der Waals surface area (Å²) >= 11 is 0. The summed E-state index contributed by atoms with van der Waals surface area (Å²) in [6.45, 7) is 3.77. The molecule has 1 amide bonds. The minimum Gasteiger partial charge on any atom is -0.493 e. The van der Waals surface area contributed by atoms with E-state index in [1.807, 2.05) is 41.3 Å². The average Bonchev–Trinajstić information content (AvgIpc) is 2.89. The molecule has 2 bridgehead atoms. The first-order valence-electron chi connectivity index (χ1n) is 12.6. The van der Waals surface area contributed by atoms with Gasteiger partial charge in [0.15, 0.2) is 11.5 Å². The minimum absolute atomic E-state index is 0.0750. The highest BCUT2D eigenvalue weighted by Crippen LogP contribution is 2.32. The number of amides is 1. The molecule has 0 radical (unpaired) electrons. The molecule has 0 N–H and O–H groups in total. The van der Waals surface area contributed by atoms with Crippen molar-refractivity contribution in [2.24, 2.45) is 0 Å². The van der Waals surface area contributed by atoms with Gasteiger partial charge in [0.2, 0.25) is 0 Å². The zero-order valence-electron chi connectivity index (χ0n) is 21.2. The van der Waals surface area contributed by atoms with Crippen molar-refractivity contribution >= 4 is 5.91 Å². The molecule has 7 nitrogen and oxygen atoms in total. The van der Waals surface area contributed by atoms with Crippen LogP contribution in [0.25, 0.3) is 0 Å². The fraction of sp³-hybridized carbons (Fsp3) is 0.536. The number of benzene rings is 2. The van der Waals surface area contributed by atoms with Crippen LogP contribution in [0.5, 0.6) is 17.2 Å². The number of para-hydroxylation sites is 1. The normalized spacial score (nSPS) is 22.0. The van der Waals surface area contributed by atoms with E-state index in [1.165, 1.54) is 0 Å². The largest absolute Gasteiger partial charge is 0.493 e. The van der Waals surface area contributed by atoms with Gasteiger partial charge in [-0.25, -0.2) is 0 Å². The molecule has 2 heterocycles. The molecule has 2 atom stereocenters. The summed E-state index contributed by atoms with van der Waals surface area (Å²) in [7, 11) is 5.11. The number of methoxy groups -OCH3 is 3. The fourth-order valence-corrected chi connectivity index (χ4v) is 5.35. The van der Waals surface area contributed by atoms with Crippen molar-refractivity contribution in [2.75, 3.05) is 47.6 Å². The van der Waals surface area contributed by atoms with Gasteiger partial charge in [-0.05, 0) is 56.5 Å². The van der Waals surface area contributed by atoms with E-state index in [2.05, 4.69) is 11.0 Å². The Labute approximate surface area is 208 Å². The van der Waals surface area contributed by atoms with Gasteiger partial charge in [0.05, 0.1) is 26.4 Å². The summed E-state index contributed by atoms with van der Waals surface area (Å²) in [5.41, 5.74) is 1.78. The van der Waals surface area contributed by atoms with E-state index in [-0.39, 0.29) is 18.1 Å². The quantitative estimate of drug-likeness (QED) is 0.630. The second kappa shape index (κ2) is 12.3. The van der Waals surface area contributed by atoms with Crippen LogP contribution in [-0.4, -0.2) is 75.4 Å². The lowest BCUT2D eigenvalue weighted by Crippen LogP contribution is -2.51. The van der Waals surface area contributed by atoms with Gasteiger partial charge in [0.1, 0.15) is 12.4 Å². The number of hydrogen-bond acceptors (Lipinski definition) is 6. The molecule has 1 fully saturated rings. The number of carbonyl (C=O) groups excluding carboxylic acids is 1. The van der Waals surface area contributed by atoms with Crippen LogP contribution in [0.2, 0.25) is 0 Å². The molecular formula is C28H38N2O5. The molecule has 7 heteroatoms. The van der Waals surface area contributed by atoms with Crippen molar-refractivity contribution in [3.63, 3.8) is 0 Å². The Bertz CT molecular complexity index is 982. The van der Waals surface area contributed by atoms with E-state index in [0.717, 1.165) is 81.1 Å². The van der Waals surface area contributed by atoms with E-state index < -0.39 is 0 Å². The summed E-state index contributed by atoms with van der Waals surface area (Å²) in [4.78, 5) is 17.9. The monoisotopic (exact) mass is 482 g/mol. The molecule has 35 heavy (non-hydrogen) atoms. The first kappa shape index (κ1) is 25.3. The molecule has 0 saturated carbocycles. The molecule has 4 rings (SSSR count). The Morgan fingerprint density at radius 1 is 0.943 bits per heavy atom. The summed E-state index contributed by atoms with van der Waals surface area (Å²) in [5, 5.41) is 0. The maximum Gasteiger partial charge on any atom is 0.254 e. The first-order valence-corrected chi connectivity index (χ1v) is 12.6. The number of piperidine rings is 1. The van der Waals surface area contributed by atoms with E-state index in [1.54, 1.807) is 21.3 Å². The number of fused-ring (bicyclic) bond motifs is 3. The van der Waals surface area contributed by atoms with Crippen LogP contribution in [0.15, 0.2) is 42.5 Å². The van der Waals surface area contributed by atoms with Gasteiger partial charge in [0, 0.05) is 37.9 Å². The van der Waals surface area contributed by atoms with E-state index in [0.29, 0.717) is 12.2 Å².